The summed E-state index contributed by atoms with van der Waals surface area (Å²) in [5.74, 6) is -0.125. The lowest BCUT2D eigenvalue weighted by Gasteiger charge is -2.18. The van der Waals surface area contributed by atoms with E-state index in [9.17, 15) is 14.7 Å². The number of rotatable bonds is 2. The van der Waals surface area contributed by atoms with E-state index in [0.717, 1.165) is 0 Å². The maximum Gasteiger partial charge on any atom is 0.312 e. The van der Waals surface area contributed by atoms with Gasteiger partial charge in [-0.1, -0.05) is 0 Å². The highest BCUT2D eigenvalue weighted by Crippen LogP contribution is 2.36. The van der Waals surface area contributed by atoms with Gasteiger partial charge in [0.1, 0.15) is 29.8 Å². The fourth-order valence-electron chi connectivity index (χ4n) is 2.33. The van der Waals surface area contributed by atoms with Crippen molar-refractivity contribution in [3.8, 4) is 11.5 Å². The lowest BCUT2D eigenvalue weighted by Crippen LogP contribution is -2.28. The third kappa shape index (κ3) is 2.73. The van der Waals surface area contributed by atoms with Gasteiger partial charge in [0, 0.05) is 6.07 Å². The first-order valence-electron chi connectivity index (χ1n) is 7.50. The van der Waals surface area contributed by atoms with Crippen LogP contribution in [0.4, 0.5) is 0 Å². The zero-order valence-electron chi connectivity index (χ0n) is 13.7. The van der Waals surface area contributed by atoms with Crippen LogP contribution in [0.5, 0.6) is 11.5 Å². The number of hydrogen-bond acceptors (Lipinski definition) is 6. The van der Waals surface area contributed by atoms with Crippen LogP contribution in [0.3, 0.4) is 0 Å². The maximum atomic E-state index is 12.7. The first-order chi connectivity index (χ1) is 11.3. The number of phenolic OH excluding ortho intramolecular Hbond substituents is 1. The standard InChI is InChI=1S/C17H18N2O5/c1-17(2,3)16(22)24-9-19-8-18-11-7-12(20)10-5-4-6-23-14(10)13(11)15(19)21/h4-5,7-8,20H,6,9H2,1-3H3. The topological polar surface area (TPSA) is 90.7 Å². The Kier molecular flexibility index (Phi) is 3.79. The van der Waals surface area contributed by atoms with E-state index in [0.29, 0.717) is 23.4 Å². The van der Waals surface area contributed by atoms with Crippen LogP contribution < -0.4 is 10.3 Å². The van der Waals surface area contributed by atoms with E-state index in [1.165, 1.54) is 17.0 Å². The van der Waals surface area contributed by atoms with Gasteiger partial charge >= 0.3 is 5.97 Å². The number of hydrogen-bond donors (Lipinski definition) is 1. The van der Waals surface area contributed by atoms with Gasteiger partial charge in [-0.05, 0) is 32.9 Å². The maximum absolute atomic E-state index is 12.7. The van der Waals surface area contributed by atoms with E-state index in [4.69, 9.17) is 9.47 Å². The van der Waals surface area contributed by atoms with Gasteiger partial charge in [-0.25, -0.2) is 4.98 Å². The monoisotopic (exact) mass is 330 g/mol. The van der Waals surface area contributed by atoms with Crippen molar-refractivity contribution in [2.24, 2.45) is 5.41 Å². The van der Waals surface area contributed by atoms with E-state index in [2.05, 4.69) is 4.98 Å². The molecule has 2 heterocycles. The molecule has 0 spiro atoms. The Hall–Kier alpha value is -2.83. The highest BCUT2D eigenvalue weighted by atomic mass is 16.5. The molecule has 3 rings (SSSR count). The van der Waals surface area contributed by atoms with Crippen LogP contribution in [0.2, 0.25) is 0 Å². The SMILES string of the molecule is CC(C)(C)C(=O)OCn1cnc2cc(O)c3c(c2c1=O)OCC=C3. The van der Waals surface area contributed by atoms with E-state index < -0.39 is 16.9 Å². The van der Waals surface area contributed by atoms with Crippen molar-refractivity contribution in [1.29, 1.82) is 0 Å². The molecule has 0 fully saturated rings. The molecule has 126 valence electrons. The molecule has 1 aromatic carbocycles. The molecule has 24 heavy (non-hydrogen) atoms. The molecule has 0 aliphatic carbocycles. The highest BCUT2D eigenvalue weighted by Gasteiger charge is 2.24. The second kappa shape index (κ2) is 5.67. The smallest absolute Gasteiger partial charge is 0.312 e. The number of fused-ring (bicyclic) bond motifs is 3. The molecule has 7 heteroatoms. The van der Waals surface area contributed by atoms with Crippen LogP contribution in [0, 0.1) is 5.41 Å². The van der Waals surface area contributed by atoms with Gasteiger partial charge in [-0.3, -0.25) is 14.2 Å². The number of carbonyl (C=O) groups excluding carboxylic acids is 1. The first kappa shape index (κ1) is 16.0. The number of phenols is 1. The fraction of sp³-hybridized carbons (Fsp3) is 0.353. The molecule has 0 amide bonds. The number of carbonyl (C=O) groups is 1. The fourth-order valence-corrected chi connectivity index (χ4v) is 2.33. The van der Waals surface area contributed by atoms with Crippen molar-refractivity contribution in [3.63, 3.8) is 0 Å². The Balaban J connectivity index is 2.05. The molecule has 1 N–H and O–H groups in total. The minimum atomic E-state index is -0.660. The Morgan fingerprint density at radius 3 is 2.92 bits per heavy atom. The predicted octanol–water partition coefficient (Wildman–Crippen LogP) is 2.05. The predicted molar refractivity (Wildman–Crippen MR) is 87.7 cm³/mol. The molecule has 0 unspecified atom stereocenters. The second-order valence-electron chi connectivity index (χ2n) is 6.58. The van der Waals surface area contributed by atoms with Gasteiger partial charge in [-0.15, -0.1) is 0 Å². The zero-order chi connectivity index (χ0) is 17.5. The highest BCUT2D eigenvalue weighted by molar-refractivity contribution is 5.91. The van der Waals surface area contributed by atoms with Gasteiger partial charge in [-0.2, -0.15) is 0 Å². The van der Waals surface area contributed by atoms with Crippen molar-refractivity contribution < 1.29 is 19.4 Å². The molecular formula is C17H18N2O5. The number of nitrogens with zero attached hydrogens (tertiary/aromatic N) is 2. The third-order valence-corrected chi connectivity index (χ3v) is 3.64. The Morgan fingerprint density at radius 1 is 1.46 bits per heavy atom. The number of benzene rings is 1. The van der Waals surface area contributed by atoms with E-state index in [-0.39, 0.29) is 17.9 Å². The Labute approximate surface area is 138 Å². The minimum Gasteiger partial charge on any atom is -0.507 e. The molecule has 0 radical (unpaired) electrons. The Bertz CT molecular complexity index is 906. The molecule has 1 aromatic heterocycles. The molecule has 2 aromatic rings. The van der Waals surface area contributed by atoms with Gasteiger partial charge in [0.2, 0.25) is 0 Å². The largest absolute Gasteiger partial charge is 0.507 e. The average Bonchev–Trinajstić information content (AvgIpc) is 2.53. The molecule has 7 nitrogen and oxygen atoms in total. The van der Waals surface area contributed by atoms with E-state index in [1.54, 1.807) is 32.9 Å². The molecule has 0 bridgehead atoms. The van der Waals surface area contributed by atoms with Gasteiger partial charge in [0.05, 0.1) is 16.5 Å². The summed E-state index contributed by atoms with van der Waals surface area (Å²) >= 11 is 0. The van der Waals surface area contributed by atoms with Gasteiger partial charge < -0.3 is 14.6 Å². The van der Waals surface area contributed by atoms with Gasteiger partial charge in [0.15, 0.2) is 6.73 Å². The normalized spacial score (nSPS) is 13.5. The third-order valence-electron chi connectivity index (χ3n) is 3.64. The van der Waals surface area contributed by atoms with Crippen LogP contribution in [0.25, 0.3) is 17.0 Å². The molecule has 0 saturated carbocycles. The van der Waals surface area contributed by atoms with Crippen LogP contribution >= 0.6 is 0 Å². The summed E-state index contributed by atoms with van der Waals surface area (Å²) in [7, 11) is 0. The molecule has 1 aliphatic heterocycles. The van der Waals surface area contributed by atoms with E-state index in [1.807, 2.05) is 0 Å². The van der Waals surface area contributed by atoms with Crippen LogP contribution in [0.1, 0.15) is 26.3 Å². The average molecular weight is 330 g/mol. The minimum absolute atomic E-state index is 0.00254. The summed E-state index contributed by atoms with van der Waals surface area (Å²) in [6.07, 6.45) is 4.73. The molecular weight excluding hydrogens is 312 g/mol. The number of aromatic nitrogens is 2. The van der Waals surface area contributed by atoms with Crippen LogP contribution in [-0.4, -0.2) is 27.2 Å². The van der Waals surface area contributed by atoms with Crippen molar-refractivity contribution in [2.75, 3.05) is 6.61 Å². The van der Waals surface area contributed by atoms with Crippen molar-refractivity contribution >= 4 is 22.9 Å². The van der Waals surface area contributed by atoms with Crippen molar-refractivity contribution in [1.82, 2.24) is 9.55 Å². The summed E-state index contributed by atoms with van der Waals surface area (Å²) in [6.45, 7) is 5.27. The number of ether oxygens (including phenoxy) is 2. The van der Waals surface area contributed by atoms with Crippen molar-refractivity contribution in [3.05, 3.63) is 34.4 Å². The second-order valence-corrected chi connectivity index (χ2v) is 6.58. The lowest BCUT2D eigenvalue weighted by molar-refractivity contribution is -0.157. The van der Waals surface area contributed by atoms with Gasteiger partial charge in [0.25, 0.3) is 5.56 Å². The van der Waals surface area contributed by atoms with Crippen LogP contribution in [-0.2, 0) is 16.3 Å². The number of aromatic hydroxyl groups is 1. The summed E-state index contributed by atoms with van der Waals surface area (Å²) in [6, 6.07) is 1.42. The quantitative estimate of drug-likeness (QED) is 0.848. The summed E-state index contributed by atoms with van der Waals surface area (Å²) < 4.78 is 11.9. The number of esters is 1. The van der Waals surface area contributed by atoms with Crippen molar-refractivity contribution in [2.45, 2.75) is 27.5 Å². The summed E-state index contributed by atoms with van der Waals surface area (Å²) in [5.41, 5.74) is -0.289. The Morgan fingerprint density at radius 2 is 2.21 bits per heavy atom. The molecule has 0 saturated heterocycles. The van der Waals surface area contributed by atoms with E-state index >= 15 is 0 Å². The summed E-state index contributed by atoms with van der Waals surface area (Å²) in [4.78, 5) is 28.7. The van der Waals surface area contributed by atoms with Crippen LogP contribution in [0.15, 0.2) is 23.3 Å². The summed E-state index contributed by atoms with van der Waals surface area (Å²) in [5, 5.41) is 10.3. The first-order valence-corrected chi connectivity index (χ1v) is 7.50. The zero-order valence-corrected chi connectivity index (χ0v) is 13.7. The lowest BCUT2D eigenvalue weighted by atomic mass is 9.98. The molecule has 1 aliphatic rings. The molecule has 0 atom stereocenters.